The molecule has 0 saturated heterocycles. The molecule has 116 valence electrons. The first-order valence-electron chi connectivity index (χ1n) is 7.31. The summed E-state index contributed by atoms with van der Waals surface area (Å²) in [6.07, 6.45) is 5.18. The van der Waals surface area contributed by atoms with Crippen molar-refractivity contribution in [3.8, 4) is 0 Å². The summed E-state index contributed by atoms with van der Waals surface area (Å²) >= 11 is 1.09. The van der Waals surface area contributed by atoms with Crippen molar-refractivity contribution in [1.82, 2.24) is 4.90 Å². The minimum absolute atomic E-state index is 0.108. The number of carbonyl (C=O) groups excluding carboxylic acids is 1. The molecule has 2 fully saturated rings. The largest absolute Gasteiger partial charge is 0.342 e. The smallest absolute Gasteiger partial charge is 0.247 e. The molecule has 0 radical (unpaired) electrons. The van der Waals surface area contributed by atoms with Gasteiger partial charge in [-0.3, -0.25) is 4.79 Å². The molecular weight excluding hydrogens is 308 g/mol. The first kappa shape index (κ1) is 15.0. The number of nitrogens with two attached hydrogens (primary N) is 1. The second kappa shape index (κ2) is 5.70. The van der Waals surface area contributed by atoms with Gasteiger partial charge in [0.2, 0.25) is 15.9 Å². The summed E-state index contributed by atoms with van der Waals surface area (Å²) in [7, 11) is -3.66. The molecule has 0 aromatic carbocycles. The zero-order chi connectivity index (χ0) is 15.0. The van der Waals surface area contributed by atoms with Crippen molar-refractivity contribution in [2.75, 3.05) is 13.1 Å². The van der Waals surface area contributed by atoms with Gasteiger partial charge >= 0.3 is 0 Å². The average molecular weight is 328 g/mol. The quantitative estimate of drug-likeness (QED) is 0.825. The Balaban J connectivity index is 1.63. The van der Waals surface area contributed by atoms with E-state index in [0.29, 0.717) is 11.8 Å². The van der Waals surface area contributed by atoms with Crippen molar-refractivity contribution in [1.29, 1.82) is 0 Å². The first-order valence-corrected chi connectivity index (χ1v) is 9.67. The van der Waals surface area contributed by atoms with Crippen LogP contribution in [0.15, 0.2) is 16.3 Å². The number of amides is 1. The van der Waals surface area contributed by atoms with Gasteiger partial charge in [0.25, 0.3) is 0 Å². The molecule has 1 heterocycles. The second-order valence-electron chi connectivity index (χ2n) is 6.13. The highest BCUT2D eigenvalue weighted by Crippen LogP contribution is 2.34. The number of nitrogens with zero attached hydrogens (tertiary/aromatic N) is 1. The van der Waals surface area contributed by atoms with Crippen LogP contribution in [-0.2, 0) is 21.2 Å². The molecule has 0 spiro atoms. The van der Waals surface area contributed by atoms with E-state index in [1.807, 2.05) is 4.90 Å². The summed E-state index contributed by atoms with van der Waals surface area (Å²) in [4.78, 5) is 15.2. The Labute approximate surface area is 129 Å². The summed E-state index contributed by atoms with van der Waals surface area (Å²) in [5.74, 6) is 1.46. The Bertz CT molecular complexity index is 616. The molecule has 21 heavy (non-hydrogen) atoms. The normalized spacial score (nSPS) is 18.7. The monoisotopic (exact) mass is 328 g/mol. The summed E-state index contributed by atoms with van der Waals surface area (Å²) < 4.78 is 22.7. The van der Waals surface area contributed by atoms with Gasteiger partial charge in [0.05, 0.1) is 6.42 Å². The molecule has 5 nitrogen and oxygen atoms in total. The second-order valence-corrected chi connectivity index (χ2v) is 9.08. The van der Waals surface area contributed by atoms with Gasteiger partial charge in [-0.1, -0.05) is 0 Å². The van der Waals surface area contributed by atoms with Crippen LogP contribution in [0.2, 0.25) is 0 Å². The topological polar surface area (TPSA) is 80.5 Å². The molecule has 2 N–H and O–H groups in total. The van der Waals surface area contributed by atoms with Crippen molar-refractivity contribution < 1.29 is 13.2 Å². The van der Waals surface area contributed by atoms with E-state index >= 15 is 0 Å². The molecule has 0 bridgehead atoms. The molecule has 2 saturated carbocycles. The van der Waals surface area contributed by atoms with Crippen LogP contribution in [0, 0.1) is 11.8 Å². The SMILES string of the molecule is NS(=O)(=O)c1ccc(CC(=O)N(CC2CC2)CC2CC2)s1. The van der Waals surface area contributed by atoms with Gasteiger partial charge in [-0.25, -0.2) is 13.6 Å². The summed E-state index contributed by atoms with van der Waals surface area (Å²) in [5, 5.41) is 5.10. The average Bonchev–Trinajstić information content (AvgIpc) is 3.31. The zero-order valence-electron chi connectivity index (χ0n) is 11.8. The van der Waals surface area contributed by atoms with E-state index in [9.17, 15) is 13.2 Å². The maximum Gasteiger partial charge on any atom is 0.247 e. The van der Waals surface area contributed by atoms with E-state index < -0.39 is 10.0 Å². The van der Waals surface area contributed by atoms with E-state index in [1.165, 1.54) is 31.7 Å². The Hall–Kier alpha value is -0.920. The molecular formula is C14H20N2O3S2. The van der Waals surface area contributed by atoms with Gasteiger partial charge < -0.3 is 4.90 Å². The van der Waals surface area contributed by atoms with Crippen molar-refractivity contribution in [2.45, 2.75) is 36.3 Å². The maximum atomic E-state index is 12.5. The summed E-state index contributed by atoms with van der Waals surface area (Å²) in [6, 6.07) is 3.17. The van der Waals surface area contributed by atoms with Crippen LogP contribution in [0.4, 0.5) is 0 Å². The minimum atomic E-state index is -3.66. The number of primary sulfonamides is 1. The van der Waals surface area contributed by atoms with Crippen LogP contribution in [0.25, 0.3) is 0 Å². The van der Waals surface area contributed by atoms with Crippen LogP contribution in [0.1, 0.15) is 30.6 Å². The van der Waals surface area contributed by atoms with Gasteiger partial charge in [0.15, 0.2) is 0 Å². The lowest BCUT2D eigenvalue weighted by Crippen LogP contribution is -2.35. The molecule has 3 rings (SSSR count). The third-order valence-electron chi connectivity index (χ3n) is 3.95. The highest BCUT2D eigenvalue weighted by Gasteiger charge is 2.31. The minimum Gasteiger partial charge on any atom is -0.342 e. The van der Waals surface area contributed by atoms with Crippen LogP contribution < -0.4 is 5.14 Å². The molecule has 0 atom stereocenters. The number of hydrogen-bond acceptors (Lipinski definition) is 4. The highest BCUT2D eigenvalue weighted by molar-refractivity contribution is 7.91. The Morgan fingerprint density at radius 3 is 2.19 bits per heavy atom. The Morgan fingerprint density at radius 2 is 1.76 bits per heavy atom. The van der Waals surface area contributed by atoms with Crippen LogP contribution in [0.3, 0.4) is 0 Å². The van der Waals surface area contributed by atoms with Crippen molar-refractivity contribution >= 4 is 27.3 Å². The fraction of sp³-hybridized carbons (Fsp3) is 0.643. The fourth-order valence-electron chi connectivity index (χ4n) is 2.37. The molecule has 1 aromatic heterocycles. The van der Waals surface area contributed by atoms with E-state index in [1.54, 1.807) is 6.07 Å². The van der Waals surface area contributed by atoms with Crippen LogP contribution in [-0.4, -0.2) is 32.3 Å². The van der Waals surface area contributed by atoms with E-state index in [-0.39, 0.29) is 16.5 Å². The molecule has 7 heteroatoms. The number of thiophene rings is 1. The third kappa shape index (κ3) is 4.28. The summed E-state index contributed by atoms with van der Waals surface area (Å²) in [5.41, 5.74) is 0. The Morgan fingerprint density at radius 1 is 1.19 bits per heavy atom. The van der Waals surface area contributed by atoms with Crippen molar-refractivity contribution in [3.63, 3.8) is 0 Å². The molecule has 0 aliphatic heterocycles. The third-order valence-corrected chi connectivity index (χ3v) is 6.47. The maximum absolute atomic E-state index is 12.5. The predicted molar refractivity (Wildman–Crippen MR) is 81.4 cm³/mol. The fourth-order valence-corrected chi connectivity index (χ4v) is 4.14. The molecule has 2 aliphatic rings. The van der Waals surface area contributed by atoms with Gasteiger partial charge in [0, 0.05) is 18.0 Å². The number of carbonyl (C=O) groups is 1. The molecule has 0 unspecified atom stereocenters. The van der Waals surface area contributed by atoms with Gasteiger partial charge in [-0.15, -0.1) is 11.3 Å². The zero-order valence-corrected chi connectivity index (χ0v) is 13.5. The van der Waals surface area contributed by atoms with Gasteiger partial charge in [-0.05, 0) is 49.7 Å². The van der Waals surface area contributed by atoms with E-state index in [4.69, 9.17) is 5.14 Å². The lowest BCUT2D eigenvalue weighted by atomic mass is 10.2. The molecule has 1 aromatic rings. The lowest BCUT2D eigenvalue weighted by molar-refractivity contribution is -0.130. The van der Waals surface area contributed by atoms with E-state index in [0.717, 1.165) is 29.3 Å². The van der Waals surface area contributed by atoms with Crippen LogP contribution >= 0.6 is 11.3 Å². The molecule has 2 aliphatic carbocycles. The number of sulfonamides is 1. The van der Waals surface area contributed by atoms with Crippen LogP contribution in [0.5, 0.6) is 0 Å². The number of hydrogen-bond donors (Lipinski definition) is 1. The molecule has 1 amide bonds. The van der Waals surface area contributed by atoms with Gasteiger partial charge in [0.1, 0.15) is 4.21 Å². The predicted octanol–water partition coefficient (Wildman–Crippen LogP) is 1.59. The first-order chi connectivity index (χ1) is 9.91. The number of rotatable bonds is 7. The lowest BCUT2D eigenvalue weighted by Gasteiger charge is -2.22. The standard InChI is InChI=1S/C14H20N2O3S2/c15-21(18,19)14-6-5-12(20-14)7-13(17)16(8-10-1-2-10)9-11-3-4-11/h5-6,10-11H,1-4,7-9H2,(H2,15,18,19). The van der Waals surface area contributed by atoms with E-state index in [2.05, 4.69) is 0 Å². The van der Waals surface area contributed by atoms with Gasteiger partial charge in [-0.2, -0.15) is 0 Å². The Kier molecular flexibility index (Phi) is 4.07. The van der Waals surface area contributed by atoms with Crippen molar-refractivity contribution in [2.24, 2.45) is 17.0 Å². The summed E-state index contributed by atoms with van der Waals surface area (Å²) in [6.45, 7) is 1.73. The van der Waals surface area contributed by atoms with Crippen molar-refractivity contribution in [3.05, 3.63) is 17.0 Å². The highest BCUT2D eigenvalue weighted by atomic mass is 32.2.